The second kappa shape index (κ2) is 5.31. The third-order valence-electron chi connectivity index (χ3n) is 1.40. The predicted octanol–water partition coefficient (Wildman–Crippen LogP) is 0.510. The first-order chi connectivity index (χ1) is 6.38. The van der Waals surface area contributed by atoms with Crippen molar-refractivity contribution in [2.75, 3.05) is 27.4 Å². The maximum atomic E-state index is 5.24. The van der Waals surface area contributed by atoms with Crippen molar-refractivity contribution >= 4 is 0 Å². The van der Waals surface area contributed by atoms with E-state index in [2.05, 4.69) is 10.2 Å². The van der Waals surface area contributed by atoms with E-state index >= 15 is 0 Å². The molecule has 5 heteroatoms. The Morgan fingerprint density at radius 2 is 2.15 bits per heavy atom. The molecule has 13 heavy (non-hydrogen) atoms. The van der Waals surface area contributed by atoms with Gasteiger partial charge in [0.1, 0.15) is 6.61 Å². The molecular formula is C8H12N2O3. The largest absolute Gasteiger partial charge is 0.491 e. The highest BCUT2D eigenvalue weighted by Gasteiger charge is 2.04. The lowest BCUT2D eigenvalue weighted by Gasteiger charge is -2.06. The Labute approximate surface area is 76.6 Å². The zero-order valence-corrected chi connectivity index (χ0v) is 7.69. The average Bonchev–Trinajstić information content (AvgIpc) is 2.19. The van der Waals surface area contributed by atoms with Crippen molar-refractivity contribution in [3.8, 4) is 11.6 Å². The molecule has 1 aromatic rings. The number of methoxy groups -OCH3 is 2. The summed E-state index contributed by atoms with van der Waals surface area (Å²) in [4.78, 5) is 0. The molecule has 0 N–H and O–H groups in total. The van der Waals surface area contributed by atoms with Crippen LogP contribution in [0.3, 0.4) is 0 Å². The van der Waals surface area contributed by atoms with E-state index in [4.69, 9.17) is 14.2 Å². The summed E-state index contributed by atoms with van der Waals surface area (Å²) in [5.74, 6) is 0.966. The maximum Gasteiger partial charge on any atom is 0.276 e. The number of nitrogens with zero attached hydrogens (tertiary/aromatic N) is 2. The van der Waals surface area contributed by atoms with Crippen LogP contribution in [0, 0.1) is 0 Å². The van der Waals surface area contributed by atoms with Crippen molar-refractivity contribution < 1.29 is 14.2 Å². The molecule has 0 aliphatic carbocycles. The molecular weight excluding hydrogens is 172 g/mol. The fourth-order valence-electron chi connectivity index (χ4n) is 0.784. The highest BCUT2D eigenvalue weighted by atomic mass is 16.5. The van der Waals surface area contributed by atoms with Gasteiger partial charge in [0.25, 0.3) is 5.88 Å². The highest BCUT2D eigenvalue weighted by molar-refractivity contribution is 5.30. The first kappa shape index (κ1) is 9.73. The summed E-state index contributed by atoms with van der Waals surface area (Å²) in [6.07, 6.45) is 1.54. The summed E-state index contributed by atoms with van der Waals surface area (Å²) in [7, 11) is 3.16. The fourth-order valence-corrected chi connectivity index (χ4v) is 0.784. The van der Waals surface area contributed by atoms with Gasteiger partial charge in [0.15, 0.2) is 5.75 Å². The monoisotopic (exact) mass is 184 g/mol. The molecule has 0 bridgehead atoms. The molecule has 0 saturated carbocycles. The van der Waals surface area contributed by atoms with Gasteiger partial charge in [-0.05, 0) is 0 Å². The van der Waals surface area contributed by atoms with E-state index < -0.39 is 0 Å². The molecule has 0 fully saturated rings. The second-order valence-electron chi connectivity index (χ2n) is 2.25. The highest BCUT2D eigenvalue weighted by Crippen LogP contribution is 2.21. The van der Waals surface area contributed by atoms with E-state index in [0.29, 0.717) is 24.8 Å². The standard InChI is InChI=1S/C8H12N2O3/c1-11-5-6-13-8-7(12-2)3-4-9-10-8/h3-4H,5-6H2,1-2H3. The van der Waals surface area contributed by atoms with Crippen molar-refractivity contribution in [2.24, 2.45) is 0 Å². The van der Waals surface area contributed by atoms with Crippen molar-refractivity contribution in [3.63, 3.8) is 0 Å². The van der Waals surface area contributed by atoms with E-state index in [1.54, 1.807) is 26.5 Å². The quantitative estimate of drug-likeness (QED) is 0.624. The zero-order chi connectivity index (χ0) is 9.52. The molecule has 0 spiro atoms. The molecule has 0 amide bonds. The Balaban J connectivity index is 2.54. The van der Waals surface area contributed by atoms with E-state index in [1.807, 2.05) is 0 Å². The lowest BCUT2D eigenvalue weighted by Crippen LogP contribution is -2.06. The second-order valence-corrected chi connectivity index (χ2v) is 2.25. The van der Waals surface area contributed by atoms with Crippen molar-refractivity contribution in [1.82, 2.24) is 10.2 Å². The summed E-state index contributed by atoms with van der Waals surface area (Å²) in [6.45, 7) is 0.950. The van der Waals surface area contributed by atoms with Gasteiger partial charge in [-0.15, -0.1) is 5.10 Å². The smallest absolute Gasteiger partial charge is 0.276 e. The van der Waals surface area contributed by atoms with Gasteiger partial charge in [0, 0.05) is 13.2 Å². The van der Waals surface area contributed by atoms with E-state index in [-0.39, 0.29) is 0 Å². The first-order valence-corrected chi connectivity index (χ1v) is 3.86. The molecule has 1 rings (SSSR count). The van der Waals surface area contributed by atoms with Crippen molar-refractivity contribution in [1.29, 1.82) is 0 Å². The van der Waals surface area contributed by atoms with Crippen LogP contribution in [0.2, 0.25) is 0 Å². The third-order valence-corrected chi connectivity index (χ3v) is 1.40. The SMILES string of the molecule is COCCOc1nnccc1OC. The van der Waals surface area contributed by atoms with E-state index in [0.717, 1.165) is 0 Å². The molecule has 1 heterocycles. The summed E-state index contributed by atoms with van der Waals surface area (Å²) in [5, 5.41) is 7.44. The predicted molar refractivity (Wildman–Crippen MR) is 46.0 cm³/mol. The van der Waals surface area contributed by atoms with Gasteiger partial charge in [0.2, 0.25) is 0 Å². The van der Waals surface area contributed by atoms with Gasteiger partial charge in [-0.1, -0.05) is 0 Å². The van der Waals surface area contributed by atoms with Gasteiger partial charge >= 0.3 is 0 Å². The van der Waals surface area contributed by atoms with Gasteiger partial charge in [-0.25, -0.2) is 0 Å². The number of hydrogen-bond acceptors (Lipinski definition) is 5. The van der Waals surface area contributed by atoms with Crippen LogP contribution < -0.4 is 9.47 Å². The maximum absolute atomic E-state index is 5.24. The Kier molecular flexibility index (Phi) is 3.98. The Bertz CT molecular complexity index is 255. The van der Waals surface area contributed by atoms with Crippen LogP contribution in [0.1, 0.15) is 0 Å². The van der Waals surface area contributed by atoms with E-state index in [1.165, 1.54) is 0 Å². The van der Waals surface area contributed by atoms with Gasteiger partial charge in [-0.3, -0.25) is 0 Å². The molecule has 0 saturated heterocycles. The van der Waals surface area contributed by atoms with Crippen LogP contribution in [0.25, 0.3) is 0 Å². The number of ether oxygens (including phenoxy) is 3. The lowest BCUT2D eigenvalue weighted by atomic mass is 10.5. The molecule has 1 aromatic heterocycles. The molecule has 0 atom stereocenters. The summed E-state index contributed by atoms with van der Waals surface area (Å²) in [6, 6.07) is 1.69. The molecule has 5 nitrogen and oxygen atoms in total. The van der Waals surface area contributed by atoms with E-state index in [9.17, 15) is 0 Å². The Morgan fingerprint density at radius 3 is 2.85 bits per heavy atom. The van der Waals surface area contributed by atoms with Crippen LogP contribution in [0.4, 0.5) is 0 Å². The van der Waals surface area contributed by atoms with Crippen LogP contribution >= 0.6 is 0 Å². The Hall–Kier alpha value is -1.36. The summed E-state index contributed by atoms with van der Waals surface area (Å²) >= 11 is 0. The number of hydrogen-bond donors (Lipinski definition) is 0. The number of aromatic nitrogens is 2. The summed E-state index contributed by atoms with van der Waals surface area (Å²) in [5.41, 5.74) is 0. The minimum Gasteiger partial charge on any atom is -0.491 e. The van der Waals surface area contributed by atoms with Gasteiger partial charge in [0.05, 0.1) is 19.9 Å². The van der Waals surface area contributed by atoms with Gasteiger partial charge < -0.3 is 14.2 Å². The van der Waals surface area contributed by atoms with Gasteiger partial charge in [-0.2, -0.15) is 5.10 Å². The molecule has 0 aliphatic heterocycles. The molecule has 0 aliphatic rings. The zero-order valence-electron chi connectivity index (χ0n) is 7.69. The van der Waals surface area contributed by atoms with Crippen molar-refractivity contribution in [2.45, 2.75) is 0 Å². The molecule has 72 valence electrons. The fraction of sp³-hybridized carbons (Fsp3) is 0.500. The minimum atomic E-state index is 0.391. The number of rotatable bonds is 5. The Morgan fingerprint density at radius 1 is 1.31 bits per heavy atom. The van der Waals surface area contributed by atoms with Crippen LogP contribution in [0.15, 0.2) is 12.3 Å². The minimum absolute atomic E-state index is 0.391. The summed E-state index contributed by atoms with van der Waals surface area (Å²) < 4.78 is 15.1. The molecule has 0 radical (unpaired) electrons. The van der Waals surface area contributed by atoms with Crippen molar-refractivity contribution in [3.05, 3.63) is 12.3 Å². The molecule has 0 aromatic carbocycles. The third kappa shape index (κ3) is 2.87. The van der Waals surface area contributed by atoms with Crippen LogP contribution in [-0.4, -0.2) is 37.6 Å². The topological polar surface area (TPSA) is 53.5 Å². The van der Waals surface area contributed by atoms with Crippen LogP contribution in [-0.2, 0) is 4.74 Å². The first-order valence-electron chi connectivity index (χ1n) is 3.86. The lowest BCUT2D eigenvalue weighted by molar-refractivity contribution is 0.140. The van der Waals surface area contributed by atoms with Crippen LogP contribution in [0.5, 0.6) is 11.6 Å². The molecule has 0 unspecified atom stereocenters. The average molecular weight is 184 g/mol. The normalized spacial score (nSPS) is 9.69.